The van der Waals surface area contributed by atoms with E-state index in [1.807, 2.05) is 0 Å². The summed E-state index contributed by atoms with van der Waals surface area (Å²) in [6.45, 7) is 4.03. The number of aldehydes is 1. The lowest BCUT2D eigenvalue weighted by molar-refractivity contribution is 0.111. The fraction of sp³-hybridized carbons (Fsp3) is 0.100. The van der Waals surface area contributed by atoms with E-state index < -0.39 is 11.3 Å². The van der Waals surface area contributed by atoms with Crippen molar-refractivity contribution in [3.8, 4) is 5.75 Å². The van der Waals surface area contributed by atoms with Crippen LogP contribution >= 0.6 is 0 Å². The summed E-state index contributed by atoms with van der Waals surface area (Å²) in [5.74, 6) is -0.339. The lowest BCUT2D eigenvalue weighted by atomic mass is 10.4. The summed E-state index contributed by atoms with van der Waals surface area (Å²) in [6, 6.07) is 0. The number of allylic oxidation sites excluding steroid dienone is 1. The molecule has 2 aromatic heterocycles. The van der Waals surface area contributed by atoms with Crippen molar-refractivity contribution in [1.29, 1.82) is 0 Å². The van der Waals surface area contributed by atoms with Crippen molar-refractivity contribution in [3.63, 3.8) is 0 Å². The van der Waals surface area contributed by atoms with Gasteiger partial charge in [0.2, 0.25) is 11.5 Å². The normalized spacial score (nSPS) is 10.5. The molecule has 0 unspecified atom stereocenters. The molecule has 0 bridgehead atoms. The van der Waals surface area contributed by atoms with Gasteiger partial charge in [-0.15, -0.1) is 6.58 Å². The molecule has 0 fully saturated rings. The molecule has 6 nitrogen and oxygen atoms in total. The van der Waals surface area contributed by atoms with E-state index in [1.165, 1.54) is 10.6 Å². The second-order valence-electron chi connectivity index (χ2n) is 3.18. The van der Waals surface area contributed by atoms with Gasteiger partial charge in [-0.05, 0) is 0 Å². The number of imidazole rings is 1. The molecule has 0 saturated heterocycles. The van der Waals surface area contributed by atoms with E-state index >= 15 is 0 Å². The van der Waals surface area contributed by atoms with Crippen molar-refractivity contribution in [2.24, 2.45) is 0 Å². The minimum atomic E-state index is -0.657. The van der Waals surface area contributed by atoms with Gasteiger partial charge in [0.25, 0.3) is 0 Å². The first-order valence-electron chi connectivity index (χ1n) is 4.55. The zero-order valence-corrected chi connectivity index (χ0v) is 8.33. The maximum absolute atomic E-state index is 11.6. The molecule has 0 aliphatic carbocycles. The molecule has 16 heavy (non-hydrogen) atoms. The van der Waals surface area contributed by atoms with E-state index in [1.54, 1.807) is 16.8 Å². The van der Waals surface area contributed by atoms with Crippen molar-refractivity contribution in [3.05, 3.63) is 41.1 Å². The Labute approximate surface area is 90.1 Å². The van der Waals surface area contributed by atoms with Gasteiger partial charge in [-0.1, -0.05) is 6.08 Å². The van der Waals surface area contributed by atoms with Gasteiger partial charge in [0.05, 0.1) is 0 Å². The Hall–Kier alpha value is -2.37. The van der Waals surface area contributed by atoms with Crippen LogP contribution < -0.4 is 5.56 Å². The van der Waals surface area contributed by atoms with Crippen LogP contribution in [0.3, 0.4) is 0 Å². The summed E-state index contributed by atoms with van der Waals surface area (Å²) in [6.07, 6.45) is 5.09. The molecule has 2 rings (SSSR count). The number of fused-ring (bicyclic) bond motifs is 1. The molecule has 6 heteroatoms. The van der Waals surface area contributed by atoms with Crippen LogP contribution in [0.5, 0.6) is 5.75 Å². The van der Waals surface area contributed by atoms with Crippen LogP contribution in [0.4, 0.5) is 0 Å². The summed E-state index contributed by atoms with van der Waals surface area (Å²) in [5.41, 5.74) is -0.913. The summed E-state index contributed by atoms with van der Waals surface area (Å²) in [4.78, 5) is 26.1. The van der Waals surface area contributed by atoms with Crippen molar-refractivity contribution in [1.82, 2.24) is 14.0 Å². The molecule has 2 aromatic rings. The molecule has 0 aromatic carbocycles. The zero-order valence-electron chi connectivity index (χ0n) is 8.33. The number of carbonyl (C=O) groups excluding carboxylic acids is 1. The standard InChI is InChI=1S/C10H9N3O3/c1-2-3-12-4-5-13-9(16)8(15)7(6-14)11-10(12)13/h2,4-6,15H,1,3H2. The van der Waals surface area contributed by atoms with E-state index in [-0.39, 0.29) is 5.69 Å². The topological polar surface area (TPSA) is 76.6 Å². The second-order valence-corrected chi connectivity index (χ2v) is 3.18. The number of nitrogens with zero attached hydrogens (tertiary/aromatic N) is 3. The third-order valence-electron chi connectivity index (χ3n) is 2.19. The first-order valence-corrected chi connectivity index (χ1v) is 4.55. The van der Waals surface area contributed by atoms with Gasteiger partial charge in [0.15, 0.2) is 12.0 Å². The van der Waals surface area contributed by atoms with Gasteiger partial charge in [-0.2, -0.15) is 0 Å². The van der Waals surface area contributed by atoms with Gasteiger partial charge < -0.3 is 9.67 Å². The van der Waals surface area contributed by atoms with Crippen molar-refractivity contribution in [2.45, 2.75) is 6.54 Å². The zero-order chi connectivity index (χ0) is 11.7. The molecule has 0 saturated carbocycles. The maximum atomic E-state index is 11.6. The Morgan fingerprint density at radius 3 is 2.88 bits per heavy atom. The molecular weight excluding hydrogens is 210 g/mol. The number of hydrogen-bond donors (Lipinski definition) is 1. The predicted molar refractivity (Wildman–Crippen MR) is 56.7 cm³/mol. The molecule has 0 aliphatic rings. The van der Waals surface area contributed by atoms with Crippen LogP contribution in [0.2, 0.25) is 0 Å². The Morgan fingerprint density at radius 2 is 2.25 bits per heavy atom. The lowest BCUT2D eigenvalue weighted by Gasteiger charge is -2.01. The molecule has 1 N–H and O–H groups in total. The van der Waals surface area contributed by atoms with Crippen LogP contribution in [0.1, 0.15) is 10.5 Å². The third kappa shape index (κ3) is 1.31. The highest BCUT2D eigenvalue weighted by atomic mass is 16.3. The van der Waals surface area contributed by atoms with Crippen LogP contribution in [-0.2, 0) is 6.54 Å². The van der Waals surface area contributed by atoms with E-state index in [9.17, 15) is 14.7 Å². The van der Waals surface area contributed by atoms with Crippen LogP contribution in [-0.4, -0.2) is 25.3 Å². The number of aromatic hydroxyl groups is 1. The third-order valence-corrected chi connectivity index (χ3v) is 2.19. The van der Waals surface area contributed by atoms with E-state index in [0.29, 0.717) is 18.6 Å². The maximum Gasteiger partial charge on any atom is 0.302 e. The Bertz CT molecular complexity index is 624. The molecular formula is C10H9N3O3. The smallest absolute Gasteiger partial charge is 0.302 e. The van der Waals surface area contributed by atoms with Gasteiger partial charge in [0.1, 0.15) is 0 Å². The molecule has 0 amide bonds. The van der Waals surface area contributed by atoms with Crippen molar-refractivity contribution in [2.75, 3.05) is 0 Å². The van der Waals surface area contributed by atoms with Crippen molar-refractivity contribution < 1.29 is 9.90 Å². The fourth-order valence-corrected chi connectivity index (χ4v) is 1.44. The van der Waals surface area contributed by atoms with Crippen LogP contribution in [0.25, 0.3) is 5.78 Å². The first kappa shape index (κ1) is 10.2. The Morgan fingerprint density at radius 1 is 1.50 bits per heavy atom. The highest BCUT2D eigenvalue weighted by Crippen LogP contribution is 2.09. The highest BCUT2D eigenvalue weighted by Gasteiger charge is 2.12. The SMILES string of the molecule is C=CCn1ccn2c(=O)c(O)c(C=O)nc12. The van der Waals surface area contributed by atoms with Crippen LogP contribution in [0.15, 0.2) is 29.8 Å². The minimum absolute atomic E-state index is 0.256. The molecule has 82 valence electrons. The summed E-state index contributed by atoms with van der Waals surface area (Å²) < 4.78 is 2.81. The number of hydrogen-bond acceptors (Lipinski definition) is 4. The predicted octanol–water partition coefficient (Wildman–Crippen LogP) is 0.200. The summed E-state index contributed by atoms with van der Waals surface area (Å²) in [5, 5.41) is 9.38. The molecule has 0 radical (unpaired) electrons. The van der Waals surface area contributed by atoms with Crippen molar-refractivity contribution >= 4 is 12.1 Å². The Balaban J connectivity index is 2.84. The average Bonchev–Trinajstić information content (AvgIpc) is 2.67. The average molecular weight is 219 g/mol. The van der Waals surface area contributed by atoms with Gasteiger partial charge in [-0.25, -0.2) is 9.38 Å². The lowest BCUT2D eigenvalue weighted by Crippen LogP contribution is -2.16. The number of aromatic nitrogens is 3. The molecule has 0 aliphatic heterocycles. The van der Waals surface area contributed by atoms with E-state index in [0.717, 1.165) is 0 Å². The molecule has 0 spiro atoms. The minimum Gasteiger partial charge on any atom is -0.501 e. The number of carbonyl (C=O) groups is 1. The largest absolute Gasteiger partial charge is 0.501 e. The summed E-state index contributed by atoms with van der Waals surface area (Å²) in [7, 11) is 0. The fourth-order valence-electron chi connectivity index (χ4n) is 1.44. The first-order chi connectivity index (χ1) is 7.69. The summed E-state index contributed by atoms with van der Waals surface area (Å²) >= 11 is 0. The molecule has 2 heterocycles. The number of rotatable bonds is 3. The van der Waals surface area contributed by atoms with Crippen LogP contribution in [0, 0.1) is 0 Å². The second kappa shape index (κ2) is 3.65. The Kier molecular flexibility index (Phi) is 2.32. The highest BCUT2D eigenvalue weighted by molar-refractivity contribution is 5.76. The molecule has 0 atom stereocenters. The monoisotopic (exact) mass is 219 g/mol. The van der Waals surface area contributed by atoms with E-state index in [4.69, 9.17) is 0 Å². The van der Waals surface area contributed by atoms with Gasteiger partial charge in [-0.3, -0.25) is 9.59 Å². The van der Waals surface area contributed by atoms with E-state index in [2.05, 4.69) is 11.6 Å². The van der Waals surface area contributed by atoms with Gasteiger partial charge >= 0.3 is 5.56 Å². The van der Waals surface area contributed by atoms with Gasteiger partial charge in [0, 0.05) is 18.9 Å². The quantitative estimate of drug-likeness (QED) is 0.591.